The van der Waals surface area contributed by atoms with E-state index in [4.69, 9.17) is 9.47 Å². The molecule has 0 radical (unpaired) electrons. The Balaban J connectivity index is 0.00000264. The van der Waals surface area contributed by atoms with E-state index in [1.165, 1.54) is 12.8 Å². The summed E-state index contributed by atoms with van der Waals surface area (Å²) in [6.07, 6.45) is 4.41. The Morgan fingerprint density at radius 2 is 2.17 bits per heavy atom. The largest absolute Gasteiger partial charge is 0.477 e. The fraction of sp³-hybridized carbons (Fsp3) is 0.625. The molecule has 1 saturated carbocycles. The van der Waals surface area contributed by atoms with Crippen LogP contribution in [-0.2, 0) is 11.3 Å². The second-order valence-electron chi connectivity index (χ2n) is 5.31. The van der Waals surface area contributed by atoms with Gasteiger partial charge in [-0.05, 0) is 31.2 Å². The van der Waals surface area contributed by atoms with Gasteiger partial charge in [0, 0.05) is 39.0 Å². The molecule has 1 aliphatic carbocycles. The van der Waals surface area contributed by atoms with Crippen LogP contribution in [-0.4, -0.2) is 44.4 Å². The summed E-state index contributed by atoms with van der Waals surface area (Å²) in [6.45, 7) is 5.59. The molecule has 0 spiro atoms. The van der Waals surface area contributed by atoms with Crippen molar-refractivity contribution in [2.75, 3.05) is 33.4 Å². The summed E-state index contributed by atoms with van der Waals surface area (Å²) >= 11 is 0. The van der Waals surface area contributed by atoms with Gasteiger partial charge in [-0.1, -0.05) is 6.07 Å². The summed E-state index contributed by atoms with van der Waals surface area (Å²) in [5.74, 6) is 2.21. The zero-order valence-corrected chi connectivity index (χ0v) is 16.2. The van der Waals surface area contributed by atoms with E-state index in [0.29, 0.717) is 19.0 Å². The fourth-order valence-electron chi connectivity index (χ4n) is 1.88. The minimum Gasteiger partial charge on any atom is -0.477 e. The Kier molecular flexibility index (Phi) is 9.93. The quantitative estimate of drug-likeness (QED) is 0.270. The van der Waals surface area contributed by atoms with Gasteiger partial charge in [0.05, 0.1) is 13.2 Å². The van der Waals surface area contributed by atoms with Crippen LogP contribution in [0.25, 0.3) is 0 Å². The molecule has 0 amide bonds. The Morgan fingerprint density at radius 1 is 1.35 bits per heavy atom. The Morgan fingerprint density at radius 3 is 2.78 bits per heavy atom. The van der Waals surface area contributed by atoms with Gasteiger partial charge in [-0.2, -0.15) is 0 Å². The number of nitrogens with one attached hydrogen (secondary N) is 2. The van der Waals surface area contributed by atoms with E-state index in [1.54, 1.807) is 7.05 Å². The average molecular weight is 434 g/mol. The summed E-state index contributed by atoms with van der Waals surface area (Å²) in [5, 5.41) is 6.44. The number of rotatable bonds is 9. The predicted octanol–water partition coefficient (Wildman–Crippen LogP) is 2.19. The number of aromatic nitrogens is 1. The van der Waals surface area contributed by atoms with Crippen LogP contribution in [0.2, 0.25) is 0 Å². The summed E-state index contributed by atoms with van der Waals surface area (Å²) in [6, 6.07) is 3.94. The number of nitrogens with zero attached hydrogens (tertiary/aromatic N) is 2. The lowest BCUT2D eigenvalue weighted by Crippen LogP contribution is -2.38. The number of halogens is 1. The number of hydrogen-bond acceptors (Lipinski definition) is 4. The standard InChI is InChI=1S/C16H26N4O2.HI/c1-3-21-9-8-18-16(17-2)20-11-14-6-7-15(19-10-14)22-12-13-4-5-13;/h6-7,10,13H,3-5,8-9,11-12H2,1-2H3,(H2,17,18,20);1H. The smallest absolute Gasteiger partial charge is 0.213 e. The monoisotopic (exact) mass is 434 g/mol. The molecule has 1 heterocycles. The molecular weight excluding hydrogens is 407 g/mol. The minimum atomic E-state index is 0. The lowest BCUT2D eigenvalue weighted by atomic mass is 10.3. The third-order valence-electron chi connectivity index (χ3n) is 3.39. The third-order valence-corrected chi connectivity index (χ3v) is 3.39. The van der Waals surface area contributed by atoms with E-state index < -0.39 is 0 Å². The van der Waals surface area contributed by atoms with Crippen molar-refractivity contribution < 1.29 is 9.47 Å². The first-order valence-electron chi connectivity index (χ1n) is 7.91. The average Bonchev–Trinajstić information content (AvgIpc) is 3.38. The van der Waals surface area contributed by atoms with Crippen LogP contribution in [0.3, 0.4) is 0 Å². The molecule has 23 heavy (non-hydrogen) atoms. The van der Waals surface area contributed by atoms with E-state index in [-0.39, 0.29) is 24.0 Å². The second-order valence-corrected chi connectivity index (χ2v) is 5.31. The molecule has 0 saturated heterocycles. The van der Waals surface area contributed by atoms with Crippen molar-refractivity contribution in [3.8, 4) is 5.88 Å². The molecule has 1 aliphatic rings. The van der Waals surface area contributed by atoms with E-state index in [9.17, 15) is 0 Å². The Bertz CT molecular complexity index is 464. The van der Waals surface area contributed by atoms with Gasteiger partial charge >= 0.3 is 0 Å². The zero-order valence-electron chi connectivity index (χ0n) is 13.9. The molecule has 0 aliphatic heterocycles. The molecule has 1 aromatic rings. The maximum Gasteiger partial charge on any atom is 0.213 e. The van der Waals surface area contributed by atoms with Crippen molar-refractivity contribution in [3.05, 3.63) is 23.9 Å². The first kappa shape index (κ1) is 20.0. The van der Waals surface area contributed by atoms with Crippen molar-refractivity contribution in [1.82, 2.24) is 15.6 Å². The highest BCUT2D eigenvalue weighted by Gasteiger charge is 2.21. The summed E-state index contributed by atoms with van der Waals surface area (Å²) in [5.41, 5.74) is 1.09. The van der Waals surface area contributed by atoms with Crippen LogP contribution in [0, 0.1) is 5.92 Å². The van der Waals surface area contributed by atoms with Gasteiger partial charge in [-0.25, -0.2) is 4.98 Å². The zero-order chi connectivity index (χ0) is 15.6. The van der Waals surface area contributed by atoms with Crippen molar-refractivity contribution >= 4 is 29.9 Å². The number of pyridine rings is 1. The lowest BCUT2D eigenvalue weighted by Gasteiger charge is -2.12. The van der Waals surface area contributed by atoms with Crippen molar-refractivity contribution in [2.45, 2.75) is 26.3 Å². The Labute approximate surface area is 155 Å². The molecule has 2 N–H and O–H groups in total. The molecule has 0 unspecified atom stereocenters. The number of ether oxygens (including phenoxy) is 2. The van der Waals surface area contributed by atoms with Crippen LogP contribution < -0.4 is 15.4 Å². The van der Waals surface area contributed by atoms with Crippen molar-refractivity contribution in [1.29, 1.82) is 0 Å². The van der Waals surface area contributed by atoms with Gasteiger partial charge in [0.1, 0.15) is 0 Å². The van der Waals surface area contributed by atoms with Gasteiger partial charge < -0.3 is 20.1 Å². The molecule has 2 rings (SSSR count). The van der Waals surface area contributed by atoms with Crippen molar-refractivity contribution in [2.24, 2.45) is 10.9 Å². The summed E-state index contributed by atoms with van der Waals surface area (Å²) < 4.78 is 10.9. The molecule has 7 heteroatoms. The van der Waals surface area contributed by atoms with Gasteiger partial charge in [-0.3, -0.25) is 4.99 Å². The molecule has 0 atom stereocenters. The number of hydrogen-bond donors (Lipinski definition) is 2. The highest BCUT2D eigenvalue weighted by molar-refractivity contribution is 14.0. The fourth-order valence-corrected chi connectivity index (χ4v) is 1.88. The molecule has 130 valence electrons. The third kappa shape index (κ3) is 8.36. The normalized spacial score (nSPS) is 14.1. The molecule has 1 fully saturated rings. The predicted molar refractivity (Wildman–Crippen MR) is 103 cm³/mol. The van der Waals surface area contributed by atoms with E-state index >= 15 is 0 Å². The molecule has 0 aromatic carbocycles. The van der Waals surface area contributed by atoms with Crippen LogP contribution in [0.5, 0.6) is 5.88 Å². The SMILES string of the molecule is CCOCCNC(=NC)NCc1ccc(OCC2CC2)nc1.I. The highest BCUT2D eigenvalue weighted by Crippen LogP contribution is 2.29. The van der Waals surface area contributed by atoms with E-state index in [0.717, 1.165) is 37.2 Å². The first-order valence-corrected chi connectivity index (χ1v) is 7.91. The van der Waals surface area contributed by atoms with Crippen LogP contribution in [0.1, 0.15) is 25.3 Å². The van der Waals surface area contributed by atoms with Gasteiger partial charge in [-0.15, -0.1) is 24.0 Å². The van der Waals surface area contributed by atoms with Crippen molar-refractivity contribution in [3.63, 3.8) is 0 Å². The van der Waals surface area contributed by atoms with E-state index in [2.05, 4.69) is 20.6 Å². The number of aliphatic imine (C=N–C) groups is 1. The maximum absolute atomic E-state index is 5.63. The van der Waals surface area contributed by atoms with E-state index in [1.807, 2.05) is 25.3 Å². The van der Waals surface area contributed by atoms with Crippen LogP contribution in [0.4, 0.5) is 0 Å². The van der Waals surface area contributed by atoms with Gasteiger partial charge in [0.25, 0.3) is 0 Å². The maximum atomic E-state index is 5.63. The van der Waals surface area contributed by atoms with Gasteiger partial charge in [0.2, 0.25) is 5.88 Å². The first-order chi connectivity index (χ1) is 10.8. The summed E-state index contributed by atoms with van der Waals surface area (Å²) in [7, 11) is 1.75. The van der Waals surface area contributed by atoms with Crippen LogP contribution >= 0.6 is 24.0 Å². The summed E-state index contributed by atoms with van der Waals surface area (Å²) in [4.78, 5) is 8.49. The molecule has 1 aromatic heterocycles. The van der Waals surface area contributed by atoms with Gasteiger partial charge in [0.15, 0.2) is 5.96 Å². The Hall–Kier alpha value is -1.09. The molecular formula is C16H27IN4O2. The highest BCUT2D eigenvalue weighted by atomic mass is 127. The molecule has 0 bridgehead atoms. The lowest BCUT2D eigenvalue weighted by molar-refractivity contribution is 0.152. The molecule has 6 nitrogen and oxygen atoms in total. The topological polar surface area (TPSA) is 67.8 Å². The number of guanidine groups is 1. The minimum absolute atomic E-state index is 0. The second kappa shape index (κ2) is 11.4. The van der Waals surface area contributed by atoms with Crippen LogP contribution in [0.15, 0.2) is 23.3 Å².